The highest BCUT2D eigenvalue weighted by atomic mass is 32.2. The molecular weight excluding hydrogens is 328 g/mol. The molecule has 1 aliphatic rings. The summed E-state index contributed by atoms with van der Waals surface area (Å²) < 4.78 is 7.45. The van der Waals surface area contributed by atoms with Gasteiger partial charge in [-0.2, -0.15) is 0 Å². The zero-order valence-corrected chi connectivity index (χ0v) is 14.2. The van der Waals surface area contributed by atoms with E-state index in [4.69, 9.17) is 21.3 Å². The second-order valence-corrected chi connectivity index (χ2v) is 6.96. The van der Waals surface area contributed by atoms with Crippen LogP contribution in [0, 0.1) is 0 Å². The minimum atomic E-state index is -0.309. The van der Waals surface area contributed by atoms with E-state index >= 15 is 0 Å². The van der Waals surface area contributed by atoms with Crippen LogP contribution in [0.5, 0.6) is 5.75 Å². The first-order valence-electron chi connectivity index (χ1n) is 7.62. The average Bonchev–Trinajstić information content (AvgIpc) is 3.09. The summed E-state index contributed by atoms with van der Waals surface area (Å²) in [6.07, 6.45) is 0.322. The van der Waals surface area contributed by atoms with E-state index in [1.54, 1.807) is 17.8 Å². The number of benzene rings is 1. The number of carbonyl (C=O) groups excluding carboxylic acids is 1. The number of nitrogens with two attached hydrogens (primary N) is 2. The largest absolute Gasteiger partial charge is 0.491 e. The van der Waals surface area contributed by atoms with Crippen molar-refractivity contribution in [2.75, 3.05) is 25.5 Å². The van der Waals surface area contributed by atoms with E-state index in [0.29, 0.717) is 24.4 Å². The molecule has 2 heterocycles. The number of aliphatic hydroxyl groups is 1. The van der Waals surface area contributed by atoms with Gasteiger partial charge in [-0.05, 0) is 12.1 Å². The van der Waals surface area contributed by atoms with Crippen molar-refractivity contribution in [3.05, 3.63) is 23.9 Å². The molecule has 1 atom stereocenters. The van der Waals surface area contributed by atoms with Crippen molar-refractivity contribution in [2.24, 2.45) is 17.8 Å². The lowest BCUT2D eigenvalue weighted by molar-refractivity contribution is -0.117. The SMILES string of the molecule is Cn1c(C2=NCC(CC(N)=O)S2)cc2cc(OCCO)cc(N)c21. The molecule has 128 valence electrons. The summed E-state index contributed by atoms with van der Waals surface area (Å²) >= 11 is 1.57. The number of amides is 1. The van der Waals surface area contributed by atoms with Gasteiger partial charge in [0.05, 0.1) is 30.0 Å². The fourth-order valence-electron chi connectivity index (χ4n) is 2.85. The van der Waals surface area contributed by atoms with Crippen LogP contribution in [0.15, 0.2) is 23.2 Å². The Labute approximate surface area is 143 Å². The van der Waals surface area contributed by atoms with Crippen molar-refractivity contribution in [3.63, 3.8) is 0 Å². The predicted molar refractivity (Wildman–Crippen MR) is 96.5 cm³/mol. The van der Waals surface area contributed by atoms with Crippen molar-refractivity contribution in [1.29, 1.82) is 0 Å². The fraction of sp³-hybridized carbons (Fsp3) is 0.375. The molecule has 1 aliphatic heterocycles. The molecule has 0 radical (unpaired) electrons. The van der Waals surface area contributed by atoms with E-state index in [2.05, 4.69) is 4.99 Å². The second kappa shape index (κ2) is 6.74. The Morgan fingerprint density at radius 3 is 3.00 bits per heavy atom. The van der Waals surface area contributed by atoms with Gasteiger partial charge in [-0.15, -0.1) is 0 Å². The number of carbonyl (C=O) groups is 1. The Morgan fingerprint density at radius 1 is 1.50 bits per heavy atom. The lowest BCUT2D eigenvalue weighted by Crippen LogP contribution is -2.18. The van der Waals surface area contributed by atoms with Gasteiger partial charge in [-0.25, -0.2) is 0 Å². The van der Waals surface area contributed by atoms with E-state index in [1.807, 2.05) is 23.7 Å². The summed E-state index contributed by atoms with van der Waals surface area (Å²) in [5, 5.41) is 10.8. The molecule has 3 rings (SSSR count). The first-order chi connectivity index (χ1) is 11.5. The number of anilines is 1. The van der Waals surface area contributed by atoms with E-state index < -0.39 is 0 Å². The number of nitrogen functional groups attached to an aromatic ring is 1. The van der Waals surface area contributed by atoms with Gasteiger partial charge in [0.25, 0.3) is 0 Å². The topological polar surface area (TPSA) is 116 Å². The number of rotatable bonds is 6. The lowest BCUT2D eigenvalue weighted by atomic mass is 10.2. The molecule has 1 unspecified atom stereocenters. The van der Waals surface area contributed by atoms with Crippen molar-refractivity contribution in [3.8, 4) is 5.75 Å². The van der Waals surface area contributed by atoms with Gasteiger partial charge in [0.15, 0.2) is 0 Å². The number of nitrogens with zero attached hydrogens (tertiary/aromatic N) is 2. The third kappa shape index (κ3) is 3.20. The quantitative estimate of drug-likeness (QED) is 0.670. The Bertz CT molecular complexity index is 815. The Morgan fingerprint density at radius 2 is 2.29 bits per heavy atom. The number of aliphatic imine (C=N–C) groups is 1. The van der Waals surface area contributed by atoms with Gasteiger partial charge in [-0.1, -0.05) is 11.8 Å². The van der Waals surface area contributed by atoms with Crippen LogP contribution < -0.4 is 16.2 Å². The highest BCUT2D eigenvalue weighted by Crippen LogP contribution is 2.34. The molecule has 0 spiro atoms. The summed E-state index contributed by atoms with van der Waals surface area (Å²) in [5.41, 5.74) is 13.9. The highest BCUT2D eigenvalue weighted by molar-refractivity contribution is 8.15. The number of hydrogen-bond acceptors (Lipinski definition) is 6. The summed E-state index contributed by atoms with van der Waals surface area (Å²) in [4.78, 5) is 15.6. The maximum atomic E-state index is 11.1. The van der Waals surface area contributed by atoms with Gasteiger partial charge >= 0.3 is 0 Å². The molecule has 7 nitrogen and oxygen atoms in total. The predicted octanol–water partition coefficient (Wildman–Crippen LogP) is 0.869. The van der Waals surface area contributed by atoms with Gasteiger partial charge in [0.1, 0.15) is 17.4 Å². The monoisotopic (exact) mass is 348 g/mol. The van der Waals surface area contributed by atoms with Gasteiger partial charge in [0, 0.05) is 30.2 Å². The number of hydrogen-bond donors (Lipinski definition) is 3. The smallest absolute Gasteiger partial charge is 0.218 e. The summed E-state index contributed by atoms with van der Waals surface area (Å²) in [6, 6.07) is 5.66. The molecule has 0 bridgehead atoms. The first kappa shape index (κ1) is 16.7. The number of ether oxygens (including phenoxy) is 1. The molecular formula is C16H20N4O3S. The molecule has 0 saturated carbocycles. The standard InChI is InChI=1S/C16H20N4O3S/c1-20-13(16-19-8-11(24-16)7-14(18)22)5-9-4-10(23-3-2-21)6-12(17)15(9)20/h4-6,11,21H,2-3,7-8,17H2,1H3,(H2,18,22). The van der Waals surface area contributed by atoms with Gasteiger partial charge < -0.3 is 25.9 Å². The zero-order chi connectivity index (χ0) is 17.3. The molecule has 8 heteroatoms. The summed E-state index contributed by atoms with van der Waals surface area (Å²) in [5.74, 6) is 0.315. The van der Waals surface area contributed by atoms with Crippen LogP contribution in [0.1, 0.15) is 12.1 Å². The summed E-state index contributed by atoms with van der Waals surface area (Å²) in [6.45, 7) is 0.763. The van der Waals surface area contributed by atoms with Crippen LogP contribution in [-0.2, 0) is 11.8 Å². The van der Waals surface area contributed by atoms with E-state index in [-0.39, 0.29) is 24.4 Å². The van der Waals surface area contributed by atoms with E-state index in [0.717, 1.165) is 21.6 Å². The normalized spacial score (nSPS) is 17.2. The fourth-order valence-corrected chi connectivity index (χ4v) is 4.03. The molecule has 0 saturated heterocycles. The molecule has 0 aliphatic carbocycles. The molecule has 5 N–H and O–H groups in total. The van der Waals surface area contributed by atoms with Crippen molar-refractivity contribution >= 4 is 39.3 Å². The number of aromatic nitrogens is 1. The van der Waals surface area contributed by atoms with E-state index in [1.165, 1.54) is 0 Å². The Kier molecular flexibility index (Phi) is 4.68. The number of aliphatic hydroxyl groups excluding tert-OH is 1. The first-order valence-corrected chi connectivity index (χ1v) is 8.50. The van der Waals surface area contributed by atoms with Crippen molar-refractivity contribution < 1.29 is 14.6 Å². The van der Waals surface area contributed by atoms with Crippen molar-refractivity contribution in [2.45, 2.75) is 11.7 Å². The average molecular weight is 348 g/mol. The third-order valence-electron chi connectivity index (χ3n) is 3.86. The number of thioether (sulfide) groups is 1. The second-order valence-electron chi connectivity index (χ2n) is 5.67. The lowest BCUT2D eigenvalue weighted by Gasteiger charge is -2.09. The Balaban J connectivity index is 1.91. The summed E-state index contributed by atoms with van der Waals surface area (Å²) in [7, 11) is 1.94. The van der Waals surface area contributed by atoms with Crippen LogP contribution in [0.3, 0.4) is 0 Å². The minimum absolute atomic E-state index is 0.0489. The van der Waals surface area contributed by atoms with E-state index in [9.17, 15) is 4.79 Å². The molecule has 1 aromatic heterocycles. The Hall–Kier alpha value is -2.19. The van der Waals surface area contributed by atoms with Crippen LogP contribution in [0.4, 0.5) is 5.69 Å². The maximum Gasteiger partial charge on any atom is 0.218 e. The van der Waals surface area contributed by atoms with Crippen molar-refractivity contribution in [1.82, 2.24) is 4.57 Å². The number of fused-ring (bicyclic) bond motifs is 1. The molecule has 1 amide bonds. The highest BCUT2D eigenvalue weighted by Gasteiger charge is 2.25. The zero-order valence-electron chi connectivity index (χ0n) is 13.4. The van der Waals surface area contributed by atoms with Crippen LogP contribution >= 0.6 is 11.8 Å². The third-order valence-corrected chi connectivity index (χ3v) is 5.07. The maximum absolute atomic E-state index is 11.1. The van der Waals surface area contributed by atoms with Gasteiger partial charge in [-0.3, -0.25) is 9.79 Å². The van der Waals surface area contributed by atoms with Crippen LogP contribution in [-0.4, -0.2) is 45.6 Å². The number of aryl methyl sites for hydroxylation is 1. The molecule has 1 aromatic carbocycles. The molecule has 2 aromatic rings. The molecule has 0 fully saturated rings. The van der Waals surface area contributed by atoms with Crippen LogP contribution in [0.25, 0.3) is 10.9 Å². The molecule has 24 heavy (non-hydrogen) atoms. The van der Waals surface area contributed by atoms with Crippen LogP contribution in [0.2, 0.25) is 0 Å². The van der Waals surface area contributed by atoms with Gasteiger partial charge in [0.2, 0.25) is 5.91 Å². The minimum Gasteiger partial charge on any atom is -0.491 e. The number of primary amides is 1.